The van der Waals surface area contributed by atoms with Gasteiger partial charge in [0.1, 0.15) is 5.75 Å². The molecule has 2 fully saturated rings. The molecular weight excluding hydrogens is 328 g/mol. The van der Waals surface area contributed by atoms with Crippen LogP contribution in [0.15, 0.2) is 24.3 Å². The number of amides is 2. The van der Waals surface area contributed by atoms with Crippen LogP contribution in [0.1, 0.15) is 75.1 Å². The normalized spacial score (nSPS) is 23.9. The first-order valence-electron chi connectivity index (χ1n) is 9.95. The zero-order chi connectivity index (χ0) is 18.4. The zero-order valence-electron chi connectivity index (χ0n) is 15.6. The molecule has 2 N–H and O–H groups in total. The van der Waals surface area contributed by atoms with Crippen molar-refractivity contribution < 1.29 is 14.3 Å². The number of nitrogens with one attached hydrogen (secondary N) is 2. The van der Waals surface area contributed by atoms with Gasteiger partial charge in [0.15, 0.2) is 5.78 Å². The molecule has 1 aromatic carbocycles. The van der Waals surface area contributed by atoms with Crippen molar-refractivity contribution in [2.45, 2.75) is 82.9 Å². The van der Waals surface area contributed by atoms with E-state index in [1.54, 1.807) is 19.1 Å². The van der Waals surface area contributed by atoms with Gasteiger partial charge in [0.05, 0.1) is 6.10 Å². The average Bonchev–Trinajstić information content (AvgIpc) is 2.64. The second-order valence-electron chi connectivity index (χ2n) is 7.62. The Bertz CT molecular complexity index is 600. The number of ether oxygens (including phenoxy) is 1. The first kappa shape index (κ1) is 18.7. The lowest BCUT2D eigenvalue weighted by molar-refractivity contribution is 0.101. The topological polar surface area (TPSA) is 67.4 Å². The van der Waals surface area contributed by atoms with E-state index in [1.807, 2.05) is 12.1 Å². The highest BCUT2D eigenvalue weighted by atomic mass is 16.5. The largest absolute Gasteiger partial charge is 0.490 e. The fraction of sp³-hybridized carbons (Fsp3) is 0.619. The highest BCUT2D eigenvalue weighted by Gasteiger charge is 2.24. The molecule has 26 heavy (non-hydrogen) atoms. The van der Waals surface area contributed by atoms with E-state index in [9.17, 15) is 9.59 Å². The molecule has 3 rings (SSSR count). The highest BCUT2D eigenvalue weighted by molar-refractivity contribution is 5.94. The van der Waals surface area contributed by atoms with Crippen LogP contribution in [-0.2, 0) is 0 Å². The number of rotatable bonds is 5. The zero-order valence-corrected chi connectivity index (χ0v) is 15.6. The van der Waals surface area contributed by atoms with Crippen LogP contribution in [0.4, 0.5) is 4.79 Å². The van der Waals surface area contributed by atoms with Crippen LogP contribution in [0.2, 0.25) is 0 Å². The second kappa shape index (κ2) is 9.06. The quantitative estimate of drug-likeness (QED) is 0.775. The summed E-state index contributed by atoms with van der Waals surface area (Å²) in [5.74, 6) is 0.871. The monoisotopic (exact) mass is 358 g/mol. The summed E-state index contributed by atoms with van der Waals surface area (Å²) in [6.45, 7) is 1.56. The van der Waals surface area contributed by atoms with Gasteiger partial charge in [-0.1, -0.05) is 19.3 Å². The first-order valence-corrected chi connectivity index (χ1v) is 9.95. The van der Waals surface area contributed by atoms with Gasteiger partial charge in [-0.3, -0.25) is 4.79 Å². The van der Waals surface area contributed by atoms with Crippen LogP contribution in [0, 0.1) is 0 Å². The Morgan fingerprint density at radius 2 is 1.42 bits per heavy atom. The molecule has 5 heteroatoms. The van der Waals surface area contributed by atoms with Gasteiger partial charge in [-0.05, 0) is 69.7 Å². The number of hydrogen-bond donors (Lipinski definition) is 2. The standard InChI is InChI=1S/C21H30N2O3/c1-15(24)16-7-11-19(12-8-16)26-20-13-9-18(10-14-20)23-21(25)22-17-5-3-2-4-6-17/h7-8,11-12,17-18,20H,2-6,9-10,13-14H2,1H3,(H2,22,23,25). The summed E-state index contributed by atoms with van der Waals surface area (Å²) in [7, 11) is 0. The van der Waals surface area contributed by atoms with Gasteiger partial charge in [0, 0.05) is 17.6 Å². The van der Waals surface area contributed by atoms with Crippen molar-refractivity contribution in [3.8, 4) is 5.75 Å². The van der Waals surface area contributed by atoms with E-state index in [0.717, 1.165) is 44.3 Å². The van der Waals surface area contributed by atoms with Gasteiger partial charge in [-0.2, -0.15) is 0 Å². The first-order chi connectivity index (χ1) is 12.6. The number of Topliss-reactive ketones (excluding diaryl/α,β-unsaturated/α-hetero) is 1. The summed E-state index contributed by atoms with van der Waals surface area (Å²) in [5, 5.41) is 6.25. The Morgan fingerprint density at radius 1 is 0.846 bits per heavy atom. The summed E-state index contributed by atoms with van der Waals surface area (Å²) in [5.41, 5.74) is 0.703. The number of carbonyl (C=O) groups excluding carboxylic acids is 2. The Kier molecular flexibility index (Phi) is 6.53. The summed E-state index contributed by atoms with van der Waals surface area (Å²) in [6, 6.07) is 7.90. The predicted molar refractivity (Wildman–Crippen MR) is 102 cm³/mol. The Labute approximate surface area is 155 Å². The fourth-order valence-electron chi connectivity index (χ4n) is 3.95. The maximum absolute atomic E-state index is 12.2. The van der Waals surface area contributed by atoms with E-state index >= 15 is 0 Å². The number of benzene rings is 1. The minimum absolute atomic E-state index is 0.0129. The Morgan fingerprint density at radius 3 is 2.00 bits per heavy atom. The van der Waals surface area contributed by atoms with Crippen LogP contribution in [0.25, 0.3) is 0 Å². The van der Waals surface area contributed by atoms with E-state index in [1.165, 1.54) is 19.3 Å². The molecule has 2 aliphatic carbocycles. The lowest BCUT2D eigenvalue weighted by Gasteiger charge is -2.30. The number of hydrogen-bond acceptors (Lipinski definition) is 3. The van der Waals surface area contributed by atoms with Gasteiger partial charge in [0.25, 0.3) is 0 Å². The van der Waals surface area contributed by atoms with Gasteiger partial charge >= 0.3 is 6.03 Å². The average molecular weight is 358 g/mol. The molecule has 0 heterocycles. The van der Waals surface area contributed by atoms with Crippen molar-refractivity contribution in [1.82, 2.24) is 10.6 Å². The van der Waals surface area contributed by atoms with Crippen molar-refractivity contribution in [2.24, 2.45) is 0 Å². The van der Waals surface area contributed by atoms with Crippen molar-refractivity contribution in [3.05, 3.63) is 29.8 Å². The van der Waals surface area contributed by atoms with Gasteiger partial charge in [0.2, 0.25) is 0 Å². The third kappa shape index (κ3) is 5.48. The molecule has 0 saturated heterocycles. The molecule has 0 radical (unpaired) electrons. The van der Waals surface area contributed by atoms with Crippen molar-refractivity contribution >= 4 is 11.8 Å². The third-order valence-corrected chi connectivity index (χ3v) is 5.51. The Balaban J connectivity index is 1.38. The van der Waals surface area contributed by atoms with Crippen LogP contribution in [0.5, 0.6) is 5.75 Å². The molecular formula is C21H30N2O3. The van der Waals surface area contributed by atoms with E-state index in [-0.39, 0.29) is 24.0 Å². The molecule has 0 bridgehead atoms. The molecule has 1 aromatic rings. The lowest BCUT2D eigenvalue weighted by Crippen LogP contribution is -2.48. The SMILES string of the molecule is CC(=O)c1ccc(OC2CCC(NC(=O)NC3CCCCC3)CC2)cc1. The van der Waals surface area contributed by atoms with E-state index in [4.69, 9.17) is 4.74 Å². The van der Waals surface area contributed by atoms with Crippen LogP contribution >= 0.6 is 0 Å². The number of carbonyl (C=O) groups is 2. The molecule has 0 unspecified atom stereocenters. The van der Waals surface area contributed by atoms with Crippen LogP contribution in [-0.4, -0.2) is 30.0 Å². The third-order valence-electron chi connectivity index (χ3n) is 5.51. The van der Waals surface area contributed by atoms with Gasteiger partial charge in [-0.15, -0.1) is 0 Å². The Hall–Kier alpha value is -2.04. The molecule has 142 valence electrons. The fourth-order valence-corrected chi connectivity index (χ4v) is 3.95. The molecule has 2 amide bonds. The molecule has 0 spiro atoms. The molecule has 0 aromatic heterocycles. The van der Waals surface area contributed by atoms with E-state index < -0.39 is 0 Å². The van der Waals surface area contributed by atoms with Crippen LogP contribution in [0.3, 0.4) is 0 Å². The van der Waals surface area contributed by atoms with Gasteiger partial charge < -0.3 is 15.4 Å². The molecule has 2 saturated carbocycles. The summed E-state index contributed by atoms with van der Waals surface area (Å²) in [6.07, 6.45) is 9.88. The highest BCUT2D eigenvalue weighted by Crippen LogP contribution is 2.24. The van der Waals surface area contributed by atoms with Crippen molar-refractivity contribution in [2.75, 3.05) is 0 Å². The number of ketones is 1. The second-order valence-corrected chi connectivity index (χ2v) is 7.62. The predicted octanol–water partition coefficient (Wildman–Crippen LogP) is 4.21. The minimum atomic E-state index is -0.0129. The van der Waals surface area contributed by atoms with Gasteiger partial charge in [-0.25, -0.2) is 4.79 Å². The van der Waals surface area contributed by atoms with Crippen LogP contribution < -0.4 is 15.4 Å². The summed E-state index contributed by atoms with van der Waals surface area (Å²) < 4.78 is 6.03. The summed E-state index contributed by atoms with van der Waals surface area (Å²) >= 11 is 0. The molecule has 0 aliphatic heterocycles. The molecule has 2 aliphatic rings. The van der Waals surface area contributed by atoms with E-state index in [2.05, 4.69) is 10.6 Å². The van der Waals surface area contributed by atoms with Crippen molar-refractivity contribution in [1.29, 1.82) is 0 Å². The maximum Gasteiger partial charge on any atom is 0.315 e. The van der Waals surface area contributed by atoms with Crippen molar-refractivity contribution in [3.63, 3.8) is 0 Å². The van der Waals surface area contributed by atoms with E-state index in [0.29, 0.717) is 11.6 Å². The lowest BCUT2D eigenvalue weighted by atomic mass is 9.93. The smallest absolute Gasteiger partial charge is 0.315 e. The minimum Gasteiger partial charge on any atom is -0.490 e. The maximum atomic E-state index is 12.2. The summed E-state index contributed by atoms with van der Waals surface area (Å²) in [4.78, 5) is 23.5. The molecule has 0 atom stereocenters. The number of urea groups is 1. The molecule has 5 nitrogen and oxygen atoms in total.